The lowest BCUT2D eigenvalue weighted by atomic mass is 10.3. The van der Waals surface area contributed by atoms with E-state index in [4.69, 9.17) is 23.2 Å². The van der Waals surface area contributed by atoms with E-state index < -0.39 is 0 Å². The molecular formula is C17H18Cl2N4OS. The van der Waals surface area contributed by atoms with Gasteiger partial charge in [0.1, 0.15) is 5.82 Å². The van der Waals surface area contributed by atoms with E-state index in [0.29, 0.717) is 27.7 Å². The number of halogens is 2. The van der Waals surface area contributed by atoms with Crippen molar-refractivity contribution in [1.82, 2.24) is 14.8 Å². The SMILES string of the molecule is CC(Sc1nnc(C2CC2)n1C1CC1)C(=O)Nc1ccc(Cl)cc1Cl. The van der Waals surface area contributed by atoms with Gasteiger partial charge in [-0.05, 0) is 50.8 Å². The lowest BCUT2D eigenvalue weighted by Crippen LogP contribution is -2.23. The Hall–Kier alpha value is -1.24. The van der Waals surface area contributed by atoms with Crippen molar-refractivity contribution in [3.05, 3.63) is 34.1 Å². The summed E-state index contributed by atoms with van der Waals surface area (Å²) in [5.74, 6) is 1.53. The van der Waals surface area contributed by atoms with Crippen LogP contribution < -0.4 is 5.32 Å². The van der Waals surface area contributed by atoms with Gasteiger partial charge < -0.3 is 9.88 Å². The normalized spacial score (nSPS) is 18.2. The second-order valence-corrected chi connectivity index (χ2v) is 8.74. The number of nitrogens with one attached hydrogen (secondary N) is 1. The molecule has 1 atom stereocenters. The first-order valence-corrected chi connectivity index (χ1v) is 10.0. The van der Waals surface area contributed by atoms with Crippen molar-refractivity contribution in [3.63, 3.8) is 0 Å². The molecule has 0 spiro atoms. The van der Waals surface area contributed by atoms with Gasteiger partial charge in [0.15, 0.2) is 5.16 Å². The van der Waals surface area contributed by atoms with Gasteiger partial charge >= 0.3 is 0 Å². The standard InChI is InChI=1S/C17H18Cl2N4OS/c1-9(16(24)20-14-7-4-11(18)8-13(14)19)25-17-22-21-15(10-2-3-10)23(17)12-5-6-12/h4,7-10,12H,2-3,5-6H2,1H3,(H,20,24). The maximum atomic E-state index is 12.5. The van der Waals surface area contributed by atoms with E-state index in [2.05, 4.69) is 20.1 Å². The number of hydrogen-bond acceptors (Lipinski definition) is 4. The Kier molecular flexibility index (Phi) is 4.69. The van der Waals surface area contributed by atoms with Crippen LogP contribution in [-0.2, 0) is 4.79 Å². The number of amides is 1. The van der Waals surface area contributed by atoms with Gasteiger partial charge in [-0.15, -0.1) is 10.2 Å². The summed E-state index contributed by atoms with van der Waals surface area (Å²) in [6.07, 6.45) is 4.74. The molecule has 1 aromatic carbocycles. The third-order valence-corrected chi connectivity index (χ3v) is 5.99. The second-order valence-electron chi connectivity index (χ2n) is 6.59. The fourth-order valence-electron chi connectivity index (χ4n) is 2.70. The van der Waals surface area contributed by atoms with E-state index in [0.717, 1.165) is 11.0 Å². The molecule has 1 N–H and O–H groups in total. The van der Waals surface area contributed by atoms with E-state index in [1.807, 2.05) is 6.92 Å². The number of aromatic nitrogens is 3. The molecule has 1 heterocycles. The third kappa shape index (κ3) is 3.81. The highest BCUT2D eigenvalue weighted by atomic mass is 35.5. The number of benzene rings is 1. The highest BCUT2D eigenvalue weighted by Gasteiger charge is 2.37. The van der Waals surface area contributed by atoms with Gasteiger partial charge in [-0.2, -0.15) is 0 Å². The zero-order valence-electron chi connectivity index (χ0n) is 13.7. The maximum Gasteiger partial charge on any atom is 0.237 e. The van der Waals surface area contributed by atoms with Crippen LogP contribution in [-0.4, -0.2) is 25.9 Å². The van der Waals surface area contributed by atoms with Crippen molar-refractivity contribution in [2.45, 2.75) is 55.0 Å². The smallest absolute Gasteiger partial charge is 0.237 e. The summed E-state index contributed by atoms with van der Waals surface area (Å²) in [6.45, 7) is 1.87. The average Bonchev–Trinajstić information content (AvgIpc) is 3.49. The summed E-state index contributed by atoms with van der Waals surface area (Å²) in [5, 5.41) is 13.1. The van der Waals surface area contributed by atoms with Crippen LogP contribution >= 0.6 is 35.0 Å². The fourth-order valence-corrected chi connectivity index (χ4v) is 4.08. The highest BCUT2D eigenvalue weighted by Crippen LogP contribution is 2.46. The zero-order chi connectivity index (χ0) is 17.6. The van der Waals surface area contributed by atoms with Crippen molar-refractivity contribution in [3.8, 4) is 0 Å². The van der Waals surface area contributed by atoms with Crippen LogP contribution in [0.1, 0.15) is 50.4 Å². The molecule has 2 fully saturated rings. The summed E-state index contributed by atoms with van der Waals surface area (Å²) in [7, 11) is 0. The number of rotatable bonds is 6. The number of thioether (sulfide) groups is 1. The van der Waals surface area contributed by atoms with Gasteiger partial charge in [-0.1, -0.05) is 35.0 Å². The van der Waals surface area contributed by atoms with Crippen molar-refractivity contribution in [1.29, 1.82) is 0 Å². The molecule has 2 saturated carbocycles. The molecule has 1 unspecified atom stereocenters. The zero-order valence-corrected chi connectivity index (χ0v) is 16.0. The van der Waals surface area contributed by atoms with Gasteiger partial charge in [-0.25, -0.2) is 0 Å². The Balaban J connectivity index is 1.46. The van der Waals surface area contributed by atoms with Gasteiger partial charge in [-0.3, -0.25) is 4.79 Å². The maximum absolute atomic E-state index is 12.5. The molecule has 0 radical (unpaired) electrons. The predicted molar refractivity (Wildman–Crippen MR) is 101 cm³/mol. The number of carbonyl (C=O) groups is 1. The Morgan fingerprint density at radius 3 is 2.68 bits per heavy atom. The van der Waals surface area contributed by atoms with Crippen LogP contribution in [0.25, 0.3) is 0 Å². The summed E-state index contributed by atoms with van der Waals surface area (Å²) >= 11 is 13.5. The van der Waals surface area contributed by atoms with E-state index in [9.17, 15) is 4.79 Å². The molecular weight excluding hydrogens is 379 g/mol. The van der Waals surface area contributed by atoms with Crippen LogP contribution in [0.5, 0.6) is 0 Å². The van der Waals surface area contributed by atoms with Crippen molar-refractivity contribution < 1.29 is 4.79 Å². The van der Waals surface area contributed by atoms with E-state index in [1.54, 1.807) is 18.2 Å². The second kappa shape index (κ2) is 6.82. The van der Waals surface area contributed by atoms with Crippen LogP contribution in [0.15, 0.2) is 23.4 Å². The fraction of sp³-hybridized carbons (Fsp3) is 0.471. The number of hydrogen-bond donors (Lipinski definition) is 1. The number of anilines is 1. The van der Waals surface area contributed by atoms with E-state index in [1.165, 1.54) is 37.4 Å². The number of nitrogens with zero attached hydrogens (tertiary/aromatic N) is 3. The molecule has 2 aliphatic rings. The average molecular weight is 397 g/mol. The molecule has 25 heavy (non-hydrogen) atoms. The van der Waals surface area contributed by atoms with Gasteiger partial charge in [0, 0.05) is 17.0 Å². The topological polar surface area (TPSA) is 59.8 Å². The molecule has 2 aliphatic carbocycles. The molecule has 0 bridgehead atoms. The minimum atomic E-state index is -0.305. The van der Waals surface area contributed by atoms with Crippen LogP contribution in [0.2, 0.25) is 10.0 Å². The number of carbonyl (C=O) groups excluding carboxylic acids is 1. The minimum absolute atomic E-state index is 0.118. The van der Waals surface area contributed by atoms with Crippen molar-refractivity contribution in [2.75, 3.05) is 5.32 Å². The summed E-state index contributed by atoms with van der Waals surface area (Å²) in [5.41, 5.74) is 0.561. The first kappa shape index (κ1) is 17.2. The molecule has 5 nitrogen and oxygen atoms in total. The van der Waals surface area contributed by atoms with Gasteiger partial charge in [0.2, 0.25) is 5.91 Å². The van der Waals surface area contributed by atoms with Crippen molar-refractivity contribution in [2.24, 2.45) is 0 Å². The van der Waals surface area contributed by atoms with Crippen LogP contribution in [0, 0.1) is 0 Å². The quantitative estimate of drug-likeness (QED) is 0.704. The molecule has 132 valence electrons. The molecule has 0 aliphatic heterocycles. The largest absolute Gasteiger partial charge is 0.324 e. The summed E-state index contributed by atoms with van der Waals surface area (Å²) < 4.78 is 2.25. The molecule has 8 heteroatoms. The molecule has 4 rings (SSSR count). The lowest BCUT2D eigenvalue weighted by Gasteiger charge is -2.14. The van der Waals surface area contributed by atoms with Crippen LogP contribution in [0.3, 0.4) is 0 Å². The molecule has 1 amide bonds. The Morgan fingerprint density at radius 2 is 2.04 bits per heavy atom. The molecule has 0 saturated heterocycles. The van der Waals surface area contributed by atoms with Gasteiger partial charge in [0.05, 0.1) is 16.0 Å². The Bertz CT molecular complexity index is 817. The van der Waals surface area contributed by atoms with Crippen molar-refractivity contribution >= 4 is 46.6 Å². The highest BCUT2D eigenvalue weighted by molar-refractivity contribution is 8.00. The Labute approximate surface area is 160 Å². The first-order valence-electron chi connectivity index (χ1n) is 8.40. The van der Waals surface area contributed by atoms with Crippen LogP contribution in [0.4, 0.5) is 5.69 Å². The predicted octanol–water partition coefficient (Wildman–Crippen LogP) is 4.92. The van der Waals surface area contributed by atoms with E-state index >= 15 is 0 Å². The lowest BCUT2D eigenvalue weighted by molar-refractivity contribution is -0.115. The third-order valence-electron chi connectivity index (χ3n) is 4.39. The summed E-state index contributed by atoms with van der Waals surface area (Å²) in [4.78, 5) is 12.5. The monoisotopic (exact) mass is 396 g/mol. The molecule has 1 aromatic heterocycles. The van der Waals surface area contributed by atoms with E-state index in [-0.39, 0.29) is 11.2 Å². The Morgan fingerprint density at radius 1 is 1.28 bits per heavy atom. The summed E-state index contributed by atoms with van der Waals surface area (Å²) in [6, 6.07) is 5.53. The van der Waals surface area contributed by atoms with Gasteiger partial charge in [0.25, 0.3) is 0 Å². The molecule has 2 aromatic rings. The minimum Gasteiger partial charge on any atom is -0.324 e. The first-order chi connectivity index (χ1) is 12.0.